The lowest BCUT2D eigenvalue weighted by atomic mass is 9.97. The zero-order valence-corrected chi connectivity index (χ0v) is 17.5. The summed E-state index contributed by atoms with van der Waals surface area (Å²) in [4.78, 5) is 38.4. The predicted octanol–water partition coefficient (Wildman–Crippen LogP) is 3.64. The van der Waals surface area contributed by atoms with Crippen LogP contribution in [0, 0.1) is 5.92 Å². The third kappa shape index (κ3) is 6.15. The number of nitrogens with two attached hydrogens (primary N) is 1. The van der Waals surface area contributed by atoms with Gasteiger partial charge in [0.2, 0.25) is 11.8 Å². The van der Waals surface area contributed by atoms with E-state index in [4.69, 9.17) is 17.3 Å². The summed E-state index contributed by atoms with van der Waals surface area (Å²) in [5, 5.41) is 3.49. The Hall–Kier alpha value is -2.70. The lowest BCUT2D eigenvalue weighted by molar-refractivity contribution is -0.123. The van der Waals surface area contributed by atoms with Crippen LogP contribution in [-0.4, -0.2) is 35.6 Å². The Kier molecular flexibility index (Phi) is 7.60. The summed E-state index contributed by atoms with van der Waals surface area (Å²) in [5.74, 6) is -0.689. The van der Waals surface area contributed by atoms with Crippen LogP contribution >= 0.6 is 11.6 Å². The molecule has 2 amide bonds. The molecule has 0 aliphatic carbocycles. The molecule has 3 rings (SSSR count). The van der Waals surface area contributed by atoms with Crippen molar-refractivity contribution in [3.05, 3.63) is 64.7 Å². The number of likely N-dealkylation sites (tertiary alicyclic amines) is 1. The number of nitrogens with zero attached hydrogens (tertiary/aromatic N) is 1. The Labute approximate surface area is 181 Å². The molecule has 158 valence electrons. The molecule has 1 unspecified atom stereocenters. The lowest BCUT2D eigenvalue weighted by Crippen LogP contribution is -2.40. The largest absolute Gasteiger partial charge is 0.369 e. The van der Waals surface area contributed by atoms with Gasteiger partial charge >= 0.3 is 0 Å². The minimum Gasteiger partial charge on any atom is -0.369 e. The van der Waals surface area contributed by atoms with Crippen molar-refractivity contribution in [3.8, 4) is 0 Å². The number of amides is 2. The maximum absolute atomic E-state index is 12.4. The van der Waals surface area contributed by atoms with Crippen LogP contribution in [0.1, 0.15) is 41.6 Å². The van der Waals surface area contributed by atoms with Crippen LogP contribution in [0.5, 0.6) is 0 Å². The third-order valence-electron chi connectivity index (χ3n) is 5.34. The maximum atomic E-state index is 12.4. The van der Waals surface area contributed by atoms with Gasteiger partial charge in [0.1, 0.15) is 0 Å². The molecule has 1 saturated heterocycles. The van der Waals surface area contributed by atoms with Gasteiger partial charge in [0.15, 0.2) is 5.78 Å². The fourth-order valence-corrected chi connectivity index (χ4v) is 3.80. The molecule has 3 N–H and O–H groups in total. The van der Waals surface area contributed by atoms with Gasteiger partial charge in [0, 0.05) is 42.2 Å². The van der Waals surface area contributed by atoms with E-state index >= 15 is 0 Å². The number of anilines is 1. The number of rotatable bonds is 8. The monoisotopic (exact) mass is 427 g/mol. The Morgan fingerprint density at radius 2 is 1.80 bits per heavy atom. The topological polar surface area (TPSA) is 92.5 Å². The number of carbonyl (C=O) groups is 3. The SMILES string of the molecule is NC(=O)C1CCCN(Cc2ccccc2NC(=O)CCC(=O)c2ccc(Cl)cc2)C1. The normalized spacial score (nSPS) is 16.8. The van der Waals surface area contributed by atoms with Crippen molar-refractivity contribution < 1.29 is 14.4 Å². The Morgan fingerprint density at radius 1 is 1.07 bits per heavy atom. The number of Topliss-reactive ketones (excluding diaryl/α,β-unsaturated/α-hetero) is 1. The van der Waals surface area contributed by atoms with Crippen molar-refractivity contribution in [1.29, 1.82) is 0 Å². The number of benzene rings is 2. The van der Waals surface area contributed by atoms with E-state index < -0.39 is 0 Å². The first-order chi connectivity index (χ1) is 14.4. The maximum Gasteiger partial charge on any atom is 0.224 e. The number of halogens is 1. The molecule has 1 heterocycles. The van der Waals surface area contributed by atoms with Gasteiger partial charge in [-0.1, -0.05) is 29.8 Å². The van der Waals surface area contributed by atoms with E-state index in [0.29, 0.717) is 23.7 Å². The van der Waals surface area contributed by atoms with E-state index in [9.17, 15) is 14.4 Å². The minimum atomic E-state index is -0.258. The molecule has 7 heteroatoms. The number of hydrogen-bond donors (Lipinski definition) is 2. The van der Waals surface area contributed by atoms with Gasteiger partial charge in [-0.15, -0.1) is 0 Å². The molecular weight excluding hydrogens is 402 g/mol. The van der Waals surface area contributed by atoms with E-state index in [-0.39, 0.29) is 36.4 Å². The van der Waals surface area contributed by atoms with Crippen LogP contribution < -0.4 is 11.1 Å². The summed E-state index contributed by atoms with van der Waals surface area (Å²) >= 11 is 5.84. The summed E-state index contributed by atoms with van der Waals surface area (Å²) in [6, 6.07) is 14.2. The first-order valence-corrected chi connectivity index (χ1v) is 10.5. The minimum absolute atomic E-state index is 0.0964. The van der Waals surface area contributed by atoms with Gasteiger partial charge in [0.05, 0.1) is 5.92 Å². The predicted molar refractivity (Wildman–Crippen MR) is 117 cm³/mol. The molecular formula is C23H26ClN3O3. The van der Waals surface area contributed by atoms with E-state index in [1.165, 1.54) is 0 Å². The standard InChI is InChI=1S/C23H26ClN3O3/c24-19-9-7-16(8-10-19)21(28)11-12-22(29)26-20-6-2-1-4-17(20)14-27-13-3-5-18(15-27)23(25)30/h1-2,4,6-10,18H,3,5,11-15H2,(H2,25,30)(H,26,29). The smallest absolute Gasteiger partial charge is 0.224 e. The number of para-hydroxylation sites is 1. The molecule has 1 aliphatic rings. The summed E-state index contributed by atoms with van der Waals surface area (Å²) < 4.78 is 0. The van der Waals surface area contributed by atoms with Crippen LogP contribution in [0.2, 0.25) is 5.02 Å². The molecule has 30 heavy (non-hydrogen) atoms. The number of primary amides is 1. The fourth-order valence-electron chi connectivity index (χ4n) is 3.67. The van der Waals surface area contributed by atoms with Crippen molar-refractivity contribution >= 4 is 34.9 Å². The van der Waals surface area contributed by atoms with Crippen molar-refractivity contribution in [2.24, 2.45) is 11.7 Å². The van der Waals surface area contributed by atoms with Gasteiger partial charge in [-0.3, -0.25) is 19.3 Å². The highest BCUT2D eigenvalue weighted by molar-refractivity contribution is 6.30. The number of piperidine rings is 1. The molecule has 1 aliphatic heterocycles. The van der Waals surface area contributed by atoms with E-state index in [0.717, 1.165) is 30.6 Å². The zero-order valence-electron chi connectivity index (χ0n) is 16.8. The van der Waals surface area contributed by atoms with Crippen molar-refractivity contribution in [2.75, 3.05) is 18.4 Å². The Balaban J connectivity index is 1.56. The highest BCUT2D eigenvalue weighted by Gasteiger charge is 2.24. The molecule has 1 atom stereocenters. The van der Waals surface area contributed by atoms with Crippen LogP contribution in [0.25, 0.3) is 0 Å². The van der Waals surface area contributed by atoms with E-state index in [1.54, 1.807) is 24.3 Å². The van der Waals surface area contributed by atoms with Crippen LogP contribution in [0.3, 0.4) is 0 Å². The summed E-state index contributed by atoms with van der Waals surface area (Å²) in [7, 11) is 0. The number of carbonyl (C=O) groups excluding carboxylic acids is 3. The van der Waals surface area contributed by atoms with Crippen LogP contribution in [0.4, 0.5) is 5.69 Å². The second kappa shape index (κ2) is 10.4. The highest BCUT2D eigenvalue weighted by Crippen LogP contribution is 2.22. The summed E-state index contributed by atoms with van der Waals surface area (Å²) in [6.07, 6.45) is 1.98. The quantitative estimate of drug-likeness (QED) is 0.629. The molecule has 2 aromatic rings. The lowest BCUT2D eigenvalue weighted by Gasteiger charge is -2.31. The van der Waals surface area contributed by atoms with E-state index in [1.807, 2.05) is 24.3 Å². The molecule has 0 aromatic heterocycles. The van der Waals surface area contributed by atoms with Crippen LogP contribution in [-0.2, 0) is 16.1 Å². The second-order valence-electron chi connectivity index (χ2n) is 7.61. The average Bonchev–Trinajstić information content (AvgIpc) is 2.74. The Bertz CT molecular complexity index is 914. The van der Waals surface area contributed by atoms with Gasteiger partial charge in [-0.2, -0.15) is 0 Å². The van der Waals surface area contributed by atoms with Gasteiger partial charge < -0.3 is 11.1 Å². The molecule has 0 bridgehead atoms. The zero-order chi connectivity index (χ0) is 21.5. The average molecular weight is 428 g/mol. The third-order valence-corrected chi connectivity index (χ3v) is 5.59. The fraction of sp³-hybridized carbons (Fsp3) is 0.348. The van der Waals surface area contributed by atoms with E-state index in [2.05, 4.69) is 10.2 Å². The van der Waals surface area contributed by atoms with Gasteiger partial charge in [0.25, 0.3) is 0 Å². The molecule has 6 nitrogen and oxygen atoms in total. The number of hydrogen-bond acceptors (Lipinski definition) is 4. The van der Waals surface area contributed by atoms with Gasteiger partial charge in [-0.05, 0) is 55.3 Å². The molecule has 0 radical (unpaired) electrons. The van der Waals surface area contributed by atoms with Crippen LogP contribution in [0.15, 0.2) is 48.5 Å². The first-order valence-electron chi connectivity index (χ1n) is 10.1. The van der Waals surface area contributed by atoms with Crippen molar-refractivity contribution in [2.45, 2.75) is 32.2 Å². The second-order valence-corrected chi connectivity index (χ2v) is 8.05. The summed E-state index contributed by atoms with van der Waals surface area (Å²) in [5.41, 5.74) is 7.71. The molecule has 0 spiro atoms. The van der Waals surface area contributed by atoms with Gasteiger partial charge in [-0.25, -0.2) is 0 Å². The Morgan fingerprint density at radius 3 is 2.53 bits per heavy atom. The summed E-state index contributed by atoms with van der Waals surface area (Å²) in [6.45, 7) is 2.15. The van der Waals surface area contributed by atoms with Crippen molar-refractivity contribution in [3.63, 3.8) is 0 Å². The first kappa shape index (κ1) is 22.0. The molecule has 0 saturated carbocycles. The highest BCUT2D eigenvalue weighted by atomic mass is 35.5. The number of nitrogens with one attached hydrogen (secondary N) is 1. The molecule has 1 fully saturated rings. The molecule has 2 aromatic carbocycles. The number of ketones is 1. The van der Waals surface area contributed by atoms with Crippen molar-refractivity contribution in [1.82, 2.24) is 4.90 Å².